The summed E-state index contributed by atoms with van der Waals surface area (Å²) in [6, 6.07) is 39.1. The number of nitrogen functional groups attached to an aromatic ring is 1. The summed E-state index contributed by atoms with van der Waals surface area (Å²) in [4.78, 5) is 87.1. The van der Waals surface area contributed by atoms with Crippen LogP contribution in [0.3, 0.4) is 0 Å². The van der Waals surface area contributed by atoms with Crippen LogP contribution in [0.15, 0.2) is 144 Å². The average Bonchev–Trinajstić information content (AvgIpc) is 1.72. The van der Waals surface area contributed by atoms with E-state index in [2.05, 4.69) is 85.3 Å². The molecule has 105 heavy (non-hydrogen) atoms. The van der Waals surface area contributed by atoms with Crippen molar-refractivity contribution in [2.24, 2.45) is 0 Å². The van der Waals surface area contributed by atoms with Gasteiger partial charge in [0, 0.05) is 136 Å². The van der Waals surface area contributed by atoms with E-state index in [1.807, 2.05) is 141 Å². The first-order valence-electron chi connectivity index (χ1n) is 36.9. The van der Waals surface area contributed by atoms with Crippen molar-refractivity contribution >= 4 is 105 Å². The molecular formula is C85H102N8O10S2. The van der Waals surface area contributed by atoms with Gasteiger partial charge in [0.1, 0.15) is 16.8 Å². The highest BCUT2D eigenvalue weighted by atomic mass is 32.1. The molecule has 0 radical (unpaired) electrons. The number of allylic oxidation sites excluding steroid dienone is 2. The first-order chi connectivity index (χ1) is 50.1. The second kappa shape index (κ2) is 34.2. The van der Waals surface area contributed by atoms with Crippen molar-refractivity contribution in [2.75, 3.05) is 104 Å². The molecule has 554 valence electrons. The zero-order valence-electron chi connectivity index (χ0n) is 62.2. The summed E-state index contributed by atoms with van der Waals surface area (Å²) in [5.74, 6) is 0.811. The van der Waals surface area contributed by atoms with E-state index in [1.165, 1.54) is 70.4 Å². The Balaban J connectivity index is 0.000000164. The van der Waals surface area contributed by atoms with E-state index >= 15 is 0 Å². The molecule has 6 fully saturated rings. The van der Waals surface area contributed by atoms with Gasteiger partial charge in [0.25, 0.3) is 0 Å². The maximum absolute atomic E-state index is 13.3. The van der Waals surface area contributed by atoms with Gasteiger partial charge in [-0.15, -0.1) is 22.7 Å². The lowest BCUT2D eigenvalue weighted by atomic mass is 10.0. The number of nitrogens with one attached hydrogen (secondary N) is 2. The second-order valence-corrected chi connectivity index (χ2v) is 32.8. The van der Waals surface area contributed by atoms with E-state index in [0.29, 0.717) is 61.7 Å². The number of ether oxygens (including phenoxy) is 3. The van der Waals surface area contributed by atoms with Crippen molar-refractivity contribution in [3.8, 4) is 20.9 Å². The number of rotatable bonds is 19. The van der Waals surface area contributed by atoms with Gasteiger partial charge in [-0.3, -0.25) is 14.9 Å². The fourth-order valence-corrected chi connectivity index (χ4v) is 14.6. The number of carbonyl (C=O) groups is 6. The quantitative estimate of drug-likeness (QED) is 0.0336. The third-order valence-corrected chi connectivity index (χ3v) is 20.6. The minimum Gasteiger partial charge on any atom is -0.478 e. The maximum atomic E-state index is 13.3. The molecule has 2 aromatic heterocycles. The molecule has 6 aliphatic rings. The Kier molecular flexibility index (Phi) is 24.9. The average molecular weight is 1460 g/mol. The Morgan fingerprint density at radius 1 is 0.486 bits per heavy atom. The van der Waals surface area contributed by atoms with Crippen LogP contribution in [0.25, 0.3) is 39.1 Å². The van der Waals surface area contributed by atoms with Gasteiger partial charge < -0.3 is 54.9 Å². The number of ketones is 2. The number of amides is 3. The van der Waals surface area contributed by atoms with Crippen molar-refractivity contribution in [2.45, 2.75) is 148 Å². The highest BCUT2D eigenvalue weighted by Gasteiger charge is 2.34. The minimum absolute atomic E-state index is 0.0640. The van der Waals surface area contributed by atoms with Crippen LogP contribution in [-0.2, 0) is 41.4 Å². The van der Waals surface area contributed by atoms with Crippen LogP contribution in [0, 0.1) is 0 Å². The Morgan fingerprint density at radius 3 is 1.27 bits per heavy atom. The topological polar surface area (TPSA) is 217 Å². The smallest absolute Gasteiger partial charge is 0.412 e. The molecule has 3 aliphatic carbocycles. The highest BCUT2D eigenvalue weighted by Crippen LogP contribution is 2.48. The zero-order valence-corrected chi connectivity index (χ0v) is 63.8. The molecule has 0 bridgehead atoms. The minimum atomic E-state index is -0.940. The van der Waals surface area contributed by atoms with Gasteiger partial charge in [-0.1, -0.05) is 54.6 Å². The van der Waals surface area contributed by atoms with Gasteiger partial charge in [-0.25, -0.2) is 19.2 Å². The number of aliphatic carboxylic acids is 1. The third-order valence-electron chi connectivity index (χ3n) is 18.8. The number of piperazine rings is 3. The standard InChI is InChI=1S/C37H45N3O5S.C27H29N3OS.C21H28N2O4/c1-36(2,3)44-34(42)38-31-15-13-27(33-8-7-21-46-33)23-28(31)24-29(41)14-9-25-10-16-32(30(22-25)26-11-12-26)39-17-19-40(20-18-39)35(43)45-37(4,5)6;28-25-9-7-21(27-2-1-15-32-27)17-22(25)18-23(31)8-3-19-4-10-26(24(16-19)20-5-6-20)30-13-11-29-12-14-30;1-21(2,3)27-20(26)23-12-10-22(11-13-23)18-8-4-15(5-9-19(24)25)14-17(18)16-6-7-16/h7-10,13-16,21-23,26H,11-12,17-20,24H2,1-6H3,(H,38,42);1-4,7-10,15-17,20,29H,5-6,11-14,18,28H2;4-5,8-9,14,16H,6-7,10-13H2,1-3H3,(H,24,25)/b14-9+;8-3+;9-5+. The summed E-state index contributed by atoms with van der Waals surface area (Å²) in [5.41, 5.74) is 20.3. The van der Waals surface area contributed by atoms with Gasteiger partial charge in [-0.05, 0) is 276 Å². The number of thiophene rings is 2. The lowest BCUT2D eigenvalue weighted by Gasteiger charge is -2.37. The molecule has 3 saturated carbocycles. The van der Waals surface area contributed by atoms with Crippen molar-refractivity contribution in [1.82, 2.24) is 15.1 Å². The van der Waals surface area contributed by atoms with E-state index in [4.69, 9.17) is 25.1 Å². The lowest BCUT2D eigenvalue weighted by molar-refractivity contribution is -0.131. The molecule has 18 nitrogen and oxygen atoms in total. The van der Waals surface area contributed by atoms with Crippen LogP contribution in [0.4, 0.5) is 42.8 Å². The molecule has 0 unspecified atom stereocenters. The Hall–Kier alpha value is -9.50. The summed E-state index contributed by atoms with van der Waals surface area (Å²) in [6.07, 6.45) is 16.6. The van der Waals surface area contributed by atoms with E-state index in [9.17, 15) is 28.8 Å². The van der Waals surface area contributed by atoms with Crippen molar-refractivity contribution in [3.63, 3.8) is 0 Å². The number of carboxylic acids is 1. The van der Waals surface area contributed by atoms with Crippen LogP contribution >= 0.6 is 22.7 Å². The third kappa shape index (κ3) is 22.8. The molecule has 3 aliphatic heterocycles. The lowest BCUT2D eigenvalue weighted by Crippen LogP contribution is -2.50. The molecule has 20 heteroatoms. The van der Waals surface area contributed by atoms with E-state index < -0.39 is 28.9 Å². The van der Waals surface area contributed by atoms with Gasteiger partial charge in [0.15, 0.2) is 11.6 Å². The van der Waals surface area contributed by atoms with Crippen LogP contribution in [0.5, 0.6) is 0 Å². The number of nitrogens with zero attached hydrogens (tertiary/aromatic N) is 5. The fraction of sp³-hybridized carbons (Fsp3) is 0.412. The van der Waals surface area contributed by atoms with E-state index in [0.717, 1.165) is 109 Å². The predicted octanol–water partition coefficient (Wildman–Crippen LogP) is 17.3. The normalized spacial score (nSPS) is 16.5. The summed E-state index contributed by atoms with van der Waals surface area (Å²) in [6.45, 7) is 26.5. The largest absolute Gasteiger partial charge is 0.478 e. The van der Waals surface area contributed by atoms with E-state index in [-0.39, 0.29) is 30.2 Å². The number of anilines is 5. The SMILES string of the molecule is CC(C)(C)OC(=O)N1CCN(c2ccc(/C=C/C(=O)O)cc2C2CC2)CC1.CC(C)(C)OC(=O)Nc1ccc(-c2cccs2)cc1CC(=O)/C=C/c1ccc(N2CCN(C(=O)OC(C)(C)C)CC2)c(C2CC2)c1.Nc1ccc(-c2cccs2)cc1CC(=O)/C=C/c1ccc(N2CCNCC2)c(C2CC2)c1. The number of hydrogen-bond acceptors (Lipinski definition) is 16. The Morgan fingerprint density at radius 2 is 0.876 bits per heavy atom. The van der Waals surface area contributed by atoms with Gasteiger partial charge in [0.2, 0.25) is 0 Å². The summed E-state index contributed by atoms with van der Waals surface area (Å²) >= 11 is 3.31. The molecule has 13 rings (SSSR count). The number of carbonyl (C=O) groups excluding carboxylic acids is 5. The summed E-state index contributed by atoms with van der Waals surface area (Å²) in [5, 5.41) is 19.2. The molecule has 5 aromatic carbocycles. The van der Waals surface area contributed by atoms with Crippen LogP contribution in [-0.4, -0.2) is 146 Å². The van der Waals surface area contributed by atoms with Gasteiger partial charge >= 0.3 is 24.2 Å². The molecule has 7 aromatic rings. The number of nitrogens with two attached hydrogens (primary N) is 1. The Bertz CT molecular complexity index is 4300. The van der Waals surface area contributed by atoms with Gasteiger partial charge in [0.05, 0.1) is 0 Å². The predicted molar refractivity (Wildman–Crippen MR) is 426 cm³/mol. The molecule has 5 N–H and O–H groups in total. The van der Waals surface area contributed by atoms with Crippen molar-refractivity contribution in [1.29, 1.82) is 0 Å². The molecule has 0 atom stereocenters. The first kappa shape index (κ1) is 76.6. The number of hydrogen-bond donors (Lipinski definition) is 4. The second-order valence-electron chi connectivity index (χ2n) is 30.9. The number of carboxylic acid groups (broad SMARTS) is 1. The highest BCUT2D eigenvalue weighted by molar-refractivity contribution is 7.13. The number of benzene rings is 5. The monoisotopic (exact) mass is 1460 g/mol. The van der Waals surface area contributed by atoms with Gasteiger partial charge in [-0.2, -0.15) is 0 Å². The fourth-order valence-electron chi connectivity index (χ4n) is 13.1. The molecule has 0 spiro atoms. The van der Waals surface area contributed by atoms with Crippen molar-refractivity contribution < 1.29 is 48.1 Å². The summed E-state index contributed by atoms with van der Waals surface area (Å²) < 4.78 is 16.5. The first-order valence-corrected chi connectivity index (χ1v) is 38.7. The zero-order chi connectivity index (χ0) is 74.6. The Labute approximate surface area is 626 Å². The van der Waals surface area contributed by atoms with E-state index in [1.54, 1.807) is 50.7 Å². The molecular weight excluding hydrogens is 1360 g/mol. The van der Waals surface area contributed by atoms with Crippen LogP contribution in [0.2, 0.25) is 0 Å². The van der Waals surface area contributed by atoms with Crippen LogP contribution in [0.1, 0.15) is 163 Å². The molecule has 5 heterocycles. The van der Waals surface area contributed by atoms with Crippen molar-refractivity contribution in [3.05, 3.63) is 189 Å². The van der Waals surface area contributed by atoms with Crippen LogP contribution < -0.4 is 31.1 Å². The maximum Gasteiger partial charge on any atom is 0.412 e. The molecule has 3 amide bonds. The summed E-state index contributed by atoms with van der Waals surface area (Å²) in [7, 11) is 0. The molecule has 3 saturated heterocycles.